The molecule has 0 radical (unpaired) electrons. The molecule has 0 fully saturated rings. The molecule has 0 amide bonds. The van der Waals surface area contributed by atoms with Gasteiger partial charge in [0, 0.05) is 11.1 Å². The van der Waals surface area contributed by atoms with Gasteiger partial charge in [-0.15, -0.1) is 0 Å². The summed E-state index contributed by atoms with van der Waals surface area (Å²) in [6.45, 7) is 9.05. The van der Waals surface area contributed by atoms with Crippen molar-refractivity contribution < 1.29 is 18.7 Å². The van der Waals surface area contributed by atoms with Gasteiger partial charge in [0.2, 0.25) is 11.7 Å². The van der Waals surface area contributed by atoms with Crippen molar-refractivity contribution in [2.24, 2.45) is 0 Å². The Morgan fingerprint density at radius 1 is 0.964 bits per heavy atom. The van der Waals surface area contributed by atoms with Crippen molar-refractivity contribution in [1.82, 2.24) is 4.98 Å². The summed E-state index contributed by atoms with van der Waals surface area (Å²) in [4.78, 5) is 29.6. The van der Waals surface area contributed by atoms with Gasteiger partial charge in [-0.1, -0.05) is 24.3 Å². The van der Waals surface area contributed by atoms with Gasteiger partial charge in [-0.3, -0.25) is 4.79 Å². The zero-order valence-electron chi connectivity index (χ0n) is 16.7. The predicted molar refractivity (Wildman–Crippen MR) is 107 cm³/mol. The molecule has 5 nitrogen and oxygen atoms in total. The monoisotopic (exact) mass is 377 g/mol. The molecular formula is C23H23NO4. The number of rotatable bonds is 5. The van der Waals surface area contributed by atoms with Gasteiger partial charge in [0.25, 0.3) is 0 Å². The molecule has 1 aromatic heterocycles. The van der Waals surface area contributed by atoms with Gasteiger partial charge >= 0.3 is 5.97 Å². The summed E-state index contributed by atoms with van der Waals surface area (Å²) < 4.78 is 11.0. The number of Topliss-reactive ketones (excluding diaryl/α,β-unsaturated/α-hetero) is 1. The first-order valence-electron chi connectivity index (χ1n) is 9.13. The van der Waals surface area contributed by atoms with E-state index in [0.717, 1.165) is 22.3 Å². The average Bonchev–Trinajstić information content (AvgIpc) is 3.06. The van der Waals surface area contributed by atoms with E-state index in [4.69, 9.17) is 9.15 Å². The number of carbonyl (C=O) groups excluding carboxylic acids is 2. The minimum Gasteiger partial charge on any atom is -0.449 e. The van der Waals surface area contributed by atoms with E-state index < -0.39 is 12.1 Å². The molecule has 1 heterocycles. The molecule has 0 aliphatic rings. The van der Waals surface area contributed by atoms with E-state index in [2.05, 4.69) is 4.98 Å². The molecule has 5 heteroatoms. The molecule has 0 spiro atoms. The van der Waals surface area contributed by atoms with Crippen molar-refractivity contribution in [3.05, 3.63) is 76.2 Å². The molecule has 0 aliphatic carbocycles. The first-order chi connectivity index (χ1) is 13.3. The summed E-state index contributed by atoms with van der Waals surface area (Å²) in [6, 6.07) is 13.1. The lowest BCUT2D eigenvalue weighted by Crippen LogP contribution is -2.25. The zero-order valence-corrected chi connectivity index (χ0v) is 16.7. The van der Waals surface area contributed by atoms with Crippen LogP contribution in [0.3, 0.4) is 0 Å². The molecule has 0 saturated carbocycles. The largest absolute Gasteiger partial charge is 0.449 e. The molecule has 0 N–H and O–H groups in total. The Balaban J connectivity index is 1.79. The molecule has 0 saturated heterocycles. The van der Waals surface area contributed by atoms with Gasteiger partial charge in [0.05, 0.1) is 0 Å². The van der Waals surface area contributed by atoms with Gasteiger partial charge in [0.1, 0.15) is 5.76 Å². The van der Waals surface area contributed by atoms with E-state index in [9.17, 15) is 9.59 Å². The Kier molecular flexibility index (Phi) is 5.45. The number of oxazole rings is 1. The summed E-state index contributed by atoms with van der Waals surface area (Å²) >= 11 is 0. The number of hydrogen-bond acceptors (Lipinski definition) is 5. The van der Waals surface area contributed by atoms with Crippen molar-refractivity contribution >= 4 is 11.8 Å². The van der Waals surface area contributed by atoms with E-state index in [-0.39, 0.29) is 11.5 Å². The van der Waals surface area contributed by atoms with E-state index in [0.29, 0.717) is 17.2 Å². The summed E-state index contributed by atoms with van der Waals surface area (Å²) in [5.41, 5.74) is 4.40. The van der Waals surface area contributed by atoms with Gasteiger partial charge in [-0.25, -0.2) is 9.78 Å². The maximum atomic E-state index is 12.8. The van der Waals surface area contributed by atoms with Crippen LogP contribution in [0.4, 0.5) is 0 Å². The van der Waals surface area contributed by atoms with Crippen molar-refractivity contribution in [2.45, 2.75) is 40.7 Å². The van der Waals surface area contributed by atoms with Crippen LogP contribution in [0.2, 0.25) is 0 Å². The average molecular weight is 377 g/mol. The fraction of sp³-hybridized carbons (Fsp3) is 0.261. The lowest BCUT2D eigenvalue weighted by molar-refractivity contribution is 0.0311. The summed E-state index contributed by atoms with van der Waals surface area (Å²) in [5.74, 6) is -0.218. The number of aryl methyl sites for hydroxylation is 4. The van der Waals surface area contributed by atoms with Crippen molar-refractivity contribution in [3.63, 3.8) is 0 Å². The zero-order chi connectivity index (χ0) is 20.4. The van der Waals surface area contributed by atoms with Crippen LogP contribution in [0.15, 0.2) is 46.9 Å². The number of hydrogen-bond donors (Lipinski definition) is 0. The molecule has 1 unspecified atom stereocenters. The van der Waals surface area contributed by atoms with E-state index >= 15 is 0 Å². The molecular weight excluding hydrogens is 354 g/mol. The summed E-state index contributed by atoms with van der Waals surface area (Å²) in [7, 11) is 0. The van der Waals surface area contributed by atoms with Crippen molar-refractivity contribution in [1.29, 1.82) is 0 Å². The topological polar surface area (TPSA) is 69.4 Å². The van der Waals surface area contributed by atoms with Gasteiger partial charge < -0.3 is 9.15 Å². The Bertz CT molecular complexity index is 1030. The first kappa shape index (κ1) is 19.5. The van der Waals surface area contributed by atoms with Gasteiger partial charge in [-0.2, -0.15) is 0 Å². The first-order valence-corrected chi connectivity index (χ1v) is 9.13. The van der Waals surface area contributed by atoms with Crippen LogP contribution in [-0.4, -0.2) is 22.8 Å². The number of ketones is 1. The van der Waals surface area contributed by atoms with Crippen molar-refractivity contribution in [3.8, 4) is 11.5 Å². The number of nitrogens with zero attached hydrogens (tertiary/aromatic N) is 1. The minimum absolute atomic E-state index is 0.0790. The lowest BCUT2D eigenvalue weighted by Gasteiger charge is -2.14. The molecule has 2 aromatic carbocycles. The van der Waals surface area contributed by atoms with Gasteiger partial charge in [-0.05, 0) is 69.5 Å². The number of benzene rings is 2. The highest BCUT2D eigenvalue weighted by atomic mass is 16.5. The number of carbonyl (C=O) groups is 2. The maximum Gasteiger partial charge on any atom is 0.361 e. The highest BCUT2D eigenvalue weighted by Gasteiger charge is 2.26. The Morgan fingerprint density at radius 2 is 1.61 bits per heavy atom. The standard InChI is InChI=1S/C23H23NO4/c1-13-11-15(3)19(12-14(13)2)21(25)17(5)28-23(26)20-16(4)27-22(24-20)18-9-7-6-8-10-18/h6-12,17H,1-5H3. The predicted octanol–water partition coefficient (Wildman–Crippen LogP) is 5.00. The smallest absolute Gasteiger partial charge is 0.361 e. The number of esters is 1. The second kappa shape index (κ2) is 7.80. The fourth-order valence-corrected chi connectivity index (χ4v) is 3.00. The lowest BCUT2D eigenvalue weighted by atomic mass is 9.96. The second-order valence-corrected chi connectivity index (χ2v) is 6.95. The van der Waals surface area contributed by atoms with Crippen LogP contribution >= 0.6 is 0 Å². The van der Waals surface area contributed by atoms with Crippen molar-refractivity contribution in [2.75, 3.05) is 0 Å². The van der Waals surface area contributed by atoms with Crippen LogP contribution in [-0.2, 0) is 4.74 Å². The third kappa shape index (κ3) is 3.88. The highest BCUT2D eigenvalue weighted by Crippen LogP contribution is 2.23. The third-order valence-corrected chi connectivity index (χ3v) is 4.77. The molecule has 0 bridgehead atoms. The molecule has 3 aromatic rings. The molecule has 144 valence electrons. The normalized spacial score (nSPS) is 11.9. The van der Waals surface area contributed by atoms with Crippen LogP contribution < -0.4 is 0 Å². The molecule has 28 heavy (non-hydrogen) atoms. The third-order valence-electron chi connectivity index (χ3n) is 4.77. The summed E-state index contributed by atoms with van der Waals surface area (Å²) in [5, 5.41) is 0. The Hall–Kier alpha value is -3.21. The Morgan fingerprint density at radius 3 is 2.29 bits per heavy atom. The summed E-state index contributed by atoms with van der Waals surface area (Å²) in [6.07, 6.45) is -0.926. The Labute approximate surface area is 164 Å². The molecule has 3 rings (SSSR count). The number of ether oxygens (including phenoxy) is 1. The number of aromatic nitrogens is 1. The minimum atomic E-state index is -0.926. The molecule has 0 aliphatic heterocycles. The second-order valence-electron chi connectivity index (χ2n) is 6.95. The SMILES string of the molecule is Cc1cc(C)c(C(=O)C(C)OC(=O)c2nc(-c3ccccc3)oc2C)cc1C. The maximum absolute atomic E-state index is 12.8. The van der Waals surface area contributed by atoms with E-state index in [1.807, 2.05) is 63.2 Å². The van der Waals surface area contributed by atoms with E-state index in [1.54, 1.807) is 13.8 Å². The highest BCUT2D eigenvalue weighted by molar-refractivity contribution is 6.02. The van der Waals surface area contributed by atoms with Gasteiger partial charge in [0.15, 0.2) is 11.8 Å². The van der Waals surface area contributed by atoms with Crippen LogP contribution in [0.5, 0.6) is 0 Å². The van der Waals surface area contributed by atoms with Crippen LogP contribution in [0, 0.1) is 27.7 Å². The fourth-order valence-electron chi connectivity index (χ4n) is 3.00. The molecule has 1 atom stereocenters. The van der Waals surface area contributed by atoms with E-state index in [1.165, 1.54) is 0 Å². The van der Waals surface area contributed by atoms with Crippen LogP contribution in [0.1, 0.15) is 50.2 Å². The van der Waals surface area contributed by atoms with Crippen LogP contribution in [0.25, 0.3) is 11.5 Å². The quantitative estimate of drug-likeness (QED) is 0.462.